The van der Waals surface area contributed by atoms with Gasteiger partial charge in [0.1, 0.15) is 0 Å². The summed E-state index contributed by atoms with van der Waals surface area (Å²) in [6.07, 6.45) is 0.673. The quantitative estimate of drug-likeness (QED) is 0.162. The second-order valence-corrected chi connectivity index (χ2v) is 24.2. The minimum absolute atomic E-state index is 0.0168. The van der Waals surface area contributed by atoms with E-state index < -0.39 is 34.9 Å². The third kappa shape index (κ3) is 6.68. The maximum atomic E-state index is 7.11. The second kappa shape index (κ2) is 14.5. The van der Waals surface area contributed by atoms with Crippen LogP contribution in [0.4, 0.5) is 0 Å². The lowest BCUT2D eigenvalue weighted by molar-refractivity contribution is -0.166. The van der Waals surface area contributed by atoms with Crippen molar-refractivity contribution in [3.8, 4) is 22.3 Å². The zero-order valence-electron chi connectivity index (χ0n) is 42.0. The Labute approximate surface area is 386 Å². The van der Waals surface area contributed by atoms with Gasteiger partial charge >= 0.3 is 7.12 Å². The van der Waals surface area contributed by atoms with Gasteiger partial charge in [0.15, 0.2) is 0 Å². The first-order valence-corrected chi connectivity index (χ1v) is 24.0. The number of hydrogen-bond acceptors (Lipinski definition) is 4. The third-order valence-electron chi connectivity index (χ3n) is 16.9. The Hall–Kier alpha value is -4.00. The van der Waals surface area contributed by atoms with Gasteiger partial charge in [-0.25, -0.2) is 0 Å². The maximum absolute atomic E-state index is 7.11. The molecule has 5 aromatic rings. The van der Waals surface area contributed by atoms with Crippen LogP contribution in [0.3, 0.4) is 0 Å². The van der Waals surface area contributed by atoms with Crippen molar-refractivity contribution in [2.75, 3.05) is 6.61 Å². The maximum Gasteiger partial charge on any atom is 0.494 e. The highest BCUT2D eigenvalue weighted by Gasteiger charge is 2.54. The number of ether oxygens (including phenoxy) is 2. The van der Waals surface area contributed by atoms with E-state index in [0.717, 1.165) is 11.9 Å². The molecule has 2 heterocycles. The van der Waals surface area contributed by atoms with Gasteiger partial charge in [-0.05, 0) is 162 Å². The summed E-state index contributed by atoms with van der Waals surface area (Å²) in [5.74, 6) is 0.323. The van der Waals surface area contributed by atoms with Crippen molar-refractivity contribution in [2.24, 2.45) is 5.92 Å². The Bertz CT molecular complexity index is 2560. The number of benzene rings is 5. The van der Waals surface area contributed by atoms with Gasteiger partial charge < -0.3 is 18.8 Å². The average Bonchev–Trinajstić information content (AvgIpc) is 3.70. The molecule has 2 saturated heterocycles. The second-order valence-electron chi connectivity index (χ2n) is 24.2. The van der Waals surface area contributed by atoms with Crippen LogP contribution in [0.2, 0.25) is 0 Å². The highest BCUT2D eigenvalue weighted by atomic mass is 16.7. The van der Waals surface area contributed by atoms with Crippen LogP contribution in [0.15, 0.2) is 97.1 Å². The predicted octanol–water partition coefficient (Wildman–Crippen LogP) is 13.9. The average molecular weight is 857 g/mol. The Morgan fingerprint density at radius 2 is 0.984 bits per heavy atom. The van der Waals surface area contributed by atoms with E-state index in [2.05, 4.69) is 215 Å². The molecule has 2 aliphatic carbocycles. The molecule has 0 aromatic heterocycles. The van der Waals surface area contributed by atoms with Gasteiger partial charge in [-0.3, -0.25) is 0 Å². The predicted molar refractivity (Wildman–Crippen MR) is 266 cm³/mol. The minimum atomic E-state index is -0.613. The molecule has 9 rings (SSSR count). The summed E-state index contributed by atoms with van der Waals surface area (Å²) in [6.45, 7) is 38.9. The van der Waals surface area contributed by atoms with Crippen molar-refractivity contribution < 1.29 is 18.8 Å². The van der Waals surface area contributed by atoms with E-state index in [1.165, 1.54) is 72.3 Å². The van der Waals surface area contributed by atoms with Gasteiger partial charge in [0.05, 0.1) is 40.5 Å². The van der Waals surface area contributed by atoms with Crippen molar-refractivity contribution in [1.29, 1.82) is 0 Å². The molecule has 336 valence electrons. The molecular formula is C59H73BO4. The smallest absolute Gasteiger partial charge is 0.399 e. The summed E-state index contributed by atoms with van der Waals surface area (Å²) in [7, 11) is -0.429. The fraction of sp³-hybridized carbons (Fsp3) is 0.492. The molecule has 2 aliphatic heterocycles. The van der Waals surface area contributed by atoms with E-state index in [0.29, 0.717) is 12.5 Å². The molecule has 0 spiro atoms. The zero-order chi connectivity index (χ0) is 46.4. The number of fused-ring (bicyclic) bond motifs is 6. The molecule has 64 heavy (non-hydrogen) atoms. The Morgan fingerprint density at radius 1 is 0.516 bits per heavy atom. The van der Waals surface area contributed by atoms with Crippen LogP contribution >= 0.6 is 0 Å². The Morgan fingerprint density at radius 3 is 1.52 bits per heavy atom. The minimum Gasteiger partial charge on any atom is -0.399 e. The van der Waals surface area contributed by atoms with Crippen LogP contribution < -0.4 is 5.46 Å². The van der Waals surface area contributed by atoms with Crippen molar-refractivity contribution in [1.82, 2.24) is 0 Å². The monoisotopic (exact) mass is 857 g/mol. The lowest BCUT2D eigenvalue weighted by Gasteiger charge is -2.40. The van der Waals surface area contributed by atoms with E-state index in [9.17, 15) is 0 Å². The van der Waals surface area contributed by atoms with Crippen molar-refractivity contribution in [3.05, 3.63) is 147 Å². The molecule has 0 radical (unpaired) electrons. The first-order chi connectivity index (χ1) is 29.6. The van der Waals surface area contributed by atoms with Crippen LogP contribution in [0.5, 0.6) is 0 Å². The first-order valence-electron chi connectivity index (χ1n) is 24.0. The van der Waals surface area contributed by atoms with E-state index in [1.807, 2.05) is 0 Å². The molecule has 0 N–H and O–H groups in total. The highest BCUT2D eigenvalue weighted by Crippen LogP contribution is 2.62. The fourth-order valence-electron chi connectivity index (χ4n) is 11.0. The summed E-state index contributed by atoms with van der Waals surface area (Å²) in [5.41, 5.74) is 15.4. The zero-order valence-corrected chi connectivity index (χ0v) is 42.0. The summed E-state index contributed by atoms with van der Waals surface area (Å²) >= 11 is 0. The van der Waals surface area contributed by atoms with Crippen LogP contribution in [-0.4, -0.2) is 36.1 Å². The lowest BCUT2D eigenvalue weighted by Crippen LogP contribution is -2.48. The first kappa shape index (κ1) is 45.2. The topological polar surface area (TPSA) is 36.9 Å². The van der Waals surface area contributed by atoms with E-state index >= 15 is 0 Å². The Balaban J connectivity index is 1.32. The summed E-state index contributed by atoms with van der Waals surface area (Å²) in [6, 6.07) is 38.5. The lowest BCUT2D eigenvalue weighted by atomic mass is 9.66. The number of hydrogen-bond donors (Lipinski definition) is 0. The van der Waals surface area contributed by atoms with Crippen LogP contribution in [0, 0.1) is 5.92 Å². The Kier molecular flexibility index (Phi) is 10.2. The van der Waals surface area contributed by atoms with Gasteiger partial charge in [-0.2, -0.15) is 0 Å². The molecule has 4 nitrogen and oxygen atoms in total. The molecule has 2 unspecified atom stereocenters. The molecular weight excluding hydrogens is 783 g/mol. The third-order valence-corrected chi connectivity index (χ3v) is 16.9. The van der Waals surface area contributed by atoms with E-state index in [-0.39, 0.29) is 22.3 Å². The van der Waals surface area contributed by atoms with Gasteiger partial charge in [0.2, 0.25) is 0 Å². The van der Waals surface area contributed by atoms with E-state index in [1.54, 1.807) is 0 Å². The normalized spacial score (nSPS) is 23.7. The molecule has 0 saturated carbocycles. The number of rotatable bonds is 5. The van der Waals surface area contributed by atoms with Crippen LogP contribution in [-0.2, 0) is 40.4 Å². The van der Waals surface area contributed by atoms with Gasteiger partial charge in [0, 0.05) is 11.8 Å². The van der Waals surface area contributed by atoms with Crippen molar-refractivity contribution >= 4 is 12.6 Å². The van der Waals surface area contributed by atoms with E-state index in [4.69, 9.17) is 18.8 Å². The summed E-state index contributed by atoms with van der Waals surface area (Å²) < 4.78 is 26.9. The molecule has 0 amide bonds. The van der Waals surface area contributed by atoms with Crippen LogP contribution in [0.1, 0.15) is 180 Å². The SMILES string of the molecule is CC(C)C1(C)c2cc(B3OC(C)(C)C(C)(C)O3)ccc2-c2cc3c(cc21)-c1ccc(C2CCOC(C)(C)C(C)(C)O2)cc1C3(c1ccc(C(C)(C)C)cc1)c1ccc(C(C)(C)C)cc1. The van der Waals surface area contributed by atoms with Crippen LogP contribution in [0.25, 0.3) is 22.3 Å². The summed E-state index contributed by atoms with van der Waals surface area (Å²) in [4.78, 5) is 0. The molecule has 4 aliphatic rings. The molecule has 5 aromatic carbocycles. The van der Waals surface area contributed by atoms with Gasteiger partial charge in [-0.1, -0.05) is 147 Å². The molecule has 0 bridgehead atoms. The summed E-state index contributed by atoms with van der Waals surface area (Å²) in [5, 5.41) is 0. The molecule has 2 fully saturated rings. The van der Waals surface area contributed by atoms with Crippen molar-refractivity contribution in [2.45, 2.75) is 174 Å². The molecule has 2 atom stereocenters. The fourth-order valence-corrected chi connectivity index (χ4v) is 11.0. The molecule has 5 heteroatoms. The van der Waals surface area contributed by atoms with Gasteiger partial charge in [-0.15, -0.1) is 0 Å². The largest absolute Gasteiger partial charge is 0.494 e. The van der Waals surface area contributed by atoms with Crippen molar-refractivity contribution in [3.63, 3.8) is 0 Å². The highest BCUT2D eigenvalue weighted by molar-refractivity contribution is 6.62. The van der Waals surface area contributed by atoms with Gasteiger partial charge in [0.25, 0.3) is 0 Å². The standard InChI is InChI=1S/C59H73BO4/c1-36(2)58(17)47-33-42(60-63-56(13,14)57(15,16)64-60)27-29-43(47)45-35-50-46(34-48(45)58)44-28-18-37(51-30-31-61-54(9,10)55(11,12)62-51)32-49(44)59(50,40-23-19-38(20-24-40)52(3,4)5)41-25-21-39(22-26-41)53(6,7)8/h18-29,32-36,51H,30-31H2,1-17H3.